The predicted octanol–water partition coefficient (Wildman–Crippen LogP) is 6.00. The van der Waals surface area contributed by atoms with Gasteiger partial charge in [0.2, 0.25) is 11.8 Å². The van der Waals surface area contributed by atoms with Crippen LogP contribution in [0.3, 0.4) is 0 Å². The number of rotatable bonds is 6. The Morgan fingerprint density at radius 2 is 1.70 bits per heavy atom. The summed E-state index contributed by atoms with van der Waals surface area (Å²) in [6.07, 6.45) is 5.77. The normalized spacial score (nSPS) is 18.2. The first-order valence-electron chi connectivity index (χ1n) is 13.8. The first kappa shape index (κ1) is 25.8. The highest BCUT2D eigenvalue weighted by Gasteiger charge is 2.46. The van der Waals surface area contributed by atoms with E-state index >= 15 is 0 Å². The van der Waals surface area contributed by atoms with Crippen LogP contribution in [-0.4, -0.2) is 46.8 Å². The van der Waals surface area contributed by atoms with Gasteiger partial charge in [0.25, 0.3) is 11.8 Å². The van der Waals surface area contributed by atoms with E-state index in [2.05, 4.69) is 4.98 Å². The molecule has 204 valence electrons. The lowest BCUT2D eigenvalue weighted by atomic mass is 10.0. The van der Waals surface area contributed by atoms with Gasteiger partial charge in [-0.15, -0.1) is 0 Å². The van der Waals surface area contributed by atoms with Gasteiger partial charge in [-0.3, -0.25) is 14.4 Å². The highest BCUT2D eigenvalue weighted by Crippen LogP contribution is 2.33. The second-order valence-electron chi connectivity index (χ2n) is 10.4. The number of para-hydroxylation sites is 2. The maximum Gasteiger partial charge on any atom is 0.257 e. The molecule has 0 radical (unpaired) electrons. The summed E-state index contributed by atoms with van der Waals surface area (Å²) in [6, 6.07) is 20.6. The molecule has 8 nitrogen and oxygen atoms in total. The average Bonchev–Trinajstić information content (AvgIpc) is 3.42. The minimum Gasteiger partial charge on any atom is -0.497 e. The number of ether oxygens (including phenoxy) is 1. The Morgan fingerprint density at radius 1 is 0.950 bits per heavy atom. The lowest BCUT2D eigenvalue weighted by molar-refractivity contribution is -0.123. The summed E-state index contributed by atoms with van der Waals surface area (Å²) >= 11 is 0. The predicted molar refractivity (Wildman–Crippen MR) is 151 cm³/mol. The lowest BCUT2D eigenvalue weighted by Gasteiger charge is -2.35. The van der Waals surface area contributed by atoms with Crippen molar-refractivity contribution >= 4 is 34.5 Å². The first-order valence-corrected chi connectivity index (χ1v) is 13.8. The van der Waals surface area contributed by atoms with Crippen LogP contribution in [0.2, 0.25) is 0 Å². The molecule has 1 aromatic heterocycles. The fourth-order valence-electron chi connectivity index (χ4n) is 5.86. The molecule has 2 heterocycles. The topological polar surface area (TPSA) is 92.9 Å². The zero-order chi connectivity index (χ0) is 27.6. The largest absolute Gasteiger partial charge is 0.497 e. The molecule has 1 saturated carbocycles. The molecule has 2 aliphatic rings. The van der Waals surface area contributed by atoms with Crippen molar-refractivity contribution in [2.45, 2.75) is 57.0 Å². The van der Waals surface area contributed by atoms with Crippen LogP contribution in [0.1, 0.15) is 55.3 Å². The average molecular weight is 538 g/mol. The SMILES string of the molecule is COc1cccc(C(=O)N(C2CCCCCC2)C2CC(=O)N(c3ccc(-c4nc5ccccc5o4)cc3)C2=O)c1. The number of hydrogen-bond donors (Lipinski definition) is 0. The van der Waals surface area contributed by atoms with Crippen molar-refractivity contribution < 1.29 is 23.5 Å². The lowest BCUT2D eigenvalue weighted by Crippen LogP contribution is -2.50. The number of amides is 3. The standard InChI is InChI=1S/C32H31N3O5/c1-39-25-12-8-9-22(19-25)31(37)34(23-10-4-2-3-5-11-23)27-20-29(36)35(32(27)38)24-17-15-21(16-18-24)30-33-26-13-6-7-14-28(26)40-30/h6-9,12-19,23,27H,2-5,10-11,20H2,1H3. The van der Waals surface area contributed by atoms with Crippen molar-refractivity contribution in [1.82, 2.24) is 9.88 Å². The molecule has 2 fully saturated rings. The molecule has 4 aromatic rings. The number of carbonyl (C=O) groups is 3. The highest BCUT2D eigenvalue weighted by atomic mass is 16.5. The fourth-order valence-corrected chi connectivity index (χ4v) is 5.86. The van der Waals surface area contributed by atoms with Gasteiger partial charge in [-0.25, -0.2) is 9.88 Å². The summed E-state index contributed by atoms with van der Waals surface area (Å²) in [4.78, 5) is 48.6. The molecule has 3 amide bonds. The van der Waals surface area contributed by atoms with Gasteiger partial charge in [0.1, 0.15) is 17.3 Å². The van der Waals surface area contributed by atoms with Gasteiger partial charge >= 0.3 is 0 Å². The Hall–Kier alpha value is -4.46. The monoisotopic (exact) mass is 537 g/mol. The van der Waals surface area contributed by atoms with E-state index in [9.17, 15) is 14.4 Å². The molecule has 6 rings (SSSR count). The fraction of sp³-hybridized carbons (Fsp3) is 0.312. The Labute approximate surface area is 232 Å². The third kappa shape index (κ3) is 4.85. The smallest absolute Gasteiger partial charge is 0.257 e. The molecule has 1 unspecified atom stereocenters. The van der Waals surface area contributed by atoms with Gasteiger partial charge in [0.15, 0.2) is 5.58 Å². The van der Waals surface area contributed by atoms with Crippen LogP contribution in [0.5, 0.6) is 5.75 Å². The van der Waals surface area contributed by atoms with Crippen LogP contribution in [0.25, 0.3) is 22.6 Å². The second-order valence-corrected chi connectivity index (χ2v) is 10.4. The van der Waals surface area contributed by atoms with E-state index in [0.29, 0.717) is 28.5 Å². The molecule has 0 spiro atoms. The summed E-state index contributed by atoms with van der Waals surface area (Å²) in [5, 5.41) is 0. The third-order valence-corrected chi connectivity index (χ3v) is 7.89. The van der Waals surface area contributed by atoms with Crippen LogP contribution in [0, 0.1) is 0 Å². The van der Waals surface area contributed by atoms with Crippen molar-refractivity contribution in [3.8, 4) is 17.2 Å². The maximum absolute atomic E-state index is 14.0. The van der Waals surface area contributed by atoms with Crippen molar-refractivity contribution in [2.24, 2.45) is 0 Å². The zero-order valence-electron chi connectivity index (χ0n) is 22.4. The number of nitrogens with zero attached hydrogens (tertiary/aromatic N) is 3. The molecule has 1 aliphatic heterocycles. The second kappa shape index (κ2) is 11.0. The van der Waals surface area contributed by atoms with Crippen LogP contribution < -0.4 is 9.64 Å². The number of carbonyl (C=O) groups excluding carboxylic acids is 3. The van der Waals surface area contributed by atoms with E-state index in [1.165, 1.54) is 4.90 Å². The van der Waals surface area contributed by atoms with Gasteiger partial charge in [0.05, 0.1) is 19.2 Å². The van der Waals surface area contributed by atoms with E-state index in [1.54, 1.807) is 60.5 Å². The molecule has 3 aromatic carbocycles. The van der Waals surface area contributed by atoms with Crippen LogP contribution in [-0.2, 0) is 9.59 Å². The summed E-state index contributed by atoms with van der Waals surface area (Å²) in [7, 11) is 1.55. The van der Waals surface area contributed by atoms with Crippen LogP contribution in [0.4, 0.5) is 5.69 Å². The number of hydrogen-bond acceptors (Lipinski definition) is 6. The van der Waals surface area contributed by atoms with Gasteiger partial charge in [-0.05, 0) is 67.4 Å². The number of benzene rings is 3. The summed E-state index contributed by atoms with van der Waals surface area (Å²) < 4.78 is 11.2. The number of fused-ring (bicyclic) bond motifs is 1. The molecular formula is C32H31N3O5. The zero-order valence-corrected chi connectivity index (χ0v) is 22.4. The third-order valence-electron chi connectivity index (χ3n) is 7.89. The molecule has 0 bridgehead atoms. The van der Waals surface area contributed by atoms with Crippen LogP contribution >= 0.6 is 0 Å². The number of aromatic nitrogens is 1. The van der Waals surface area contributed by atoms with E-state index in [4.69, 9.17) is 9.15 Å². The molecule has 1 aliphatic carbocycles. The number of methoxy groups -OCH3 is 1. The van der Waals surface area contributed by atoms with Crippen molar-refractivity contribution in [1.29, 1.82) is 0 Å². The summed E-state index contributed by atoms with van der Waals surface area (Å²) in [6.45, 7) is 0. The molecule has 0 N–H and O–H groups in total. The molecule has 1 atom stereocenters. The summed E-state index contributed by atoms with van der Waals surface area (Å²) in [5.41, 5.74) is 3.10. The number of oxazole rings is 1. The van der Waals surface area contributed by atoms with E-state index in [-0.39, 0.29) is 30.2 Å². The highest BCUT2D eigenvalue weighted by molar-refractivity contribution is 6.23. The molecular weight excluding hydrogens is 506 g/mol. The van der Waals surface area contributed by atoms with Gasteiger partial charge in [-0.2, -0.15) is 0 Å². The quantitative estimate of drug-likeness (QED) is 0.221. The van der Waals surface area contributed by atoms with E-state index in [1.807, 2.05) is 24.3 Å². The Kier molecular flexibility index (Phi) is 7.07. The van der Waals surface area contributed by atoms with E-state index in [0.717, 1.165) is 49.6 Å². The summed E-state index contributed by atoms with van der Waals surface area (Å²) in [5.74, 6) is 0.0983. The Balaban J connectivity index is 1.29. The van der Waals surface area contributed by atoms with Crippen molar-refractivity contribution in [2.75, 3.05) is 12.0 Å². The minimum atomic E-state index is -0.856. The molecule has 1 saturated heterocycles. The number of anilines is 1. The van der Waals surface area contributed by atoms with Gasteiger partial charge in [0, 0.05) is 17.2 Å². The first-order chi connectivity index (χ1) is 19.5. The molecule has 40 heavy (non-hydrogen) atoms. The maximum atomic E-state index is 14.0. The Morgan fingerprint density at radius 3 is 2.42 bits per heavy atom. The van der Waals surface area contributed by atoms with E-state index < -0.39 is 6.04 Å². The minimum absolute atomic E-state index is 0.0437. The Bertz CT molecular complexity index is 1520. The van der Waals surface area contributed by atoms with Crippen molar-refractivity contribution in [3.63, 3.8) is 0 Å². The van der Waals surface area contributed by atoms with Crippen LogP contribution in [0.15, 0.2) is 77.2 Å². The van der Waals surface area contributed by atoms with Crippen molar-refractivity contribution in [3.05, 3.63) is 78.4 Å². The number of imide groups is 1. The van der Waals surface area contributed by atoms with Gasteiger partial charge in [-0.1, -0.05) is 43.9 Å². The molecule has 8 heteroatoms. The van der Waals surface area contributed by atoms with Gasteiger partial charge < -0.3 is 14.1 Å².